The maximum atomic E-state index is 5.62. The number of hydrogen-bond donors (Lipinski definition) is 1. The van der Waals surface area contributed by atoms with Gasteiger partial charge in [-0.25, -0.2) is 0 Å². The van der Waals surface area contributed by atoms with Crippen LogP contribution in [0.1, 0.15) is 50.0 Å². The molecule has 1 saturated carbocycles. The smallest absolute Gasteiger partial charge is 0.110 e. The molecular weight excluding hydrogens is 246 g/mol. The number of rotatable bonds is 4. The Hall–Kier alpha value is -1.28. The Morgan fingerprint density at radius 2 is 1.80 bits per heavy atom. The summed E-state index contributed by atoms with van der Waals surface area (Å²) >= 11 is 0. The molecule has 20 heavy (non-hydrogen) atoms. The van der Waals surface area contributed by atoms with Gasteiger partial charge in [-0.3, -0.25) is 0 Å². The third-order valence-corrected chi connectivity index (χ3v) is 4.65. The summed E-state index contributed by atoms with van der Waals surface area (Å²) in [5, 5.41) is 3.70. The van der Waals surface area contributed by atoms with Crippen molar-refractivity contribution in [2.75, 3.05) is 6.54 Å². The Bertz CT molecular complexity index is 420. The highest BCUT2D eigenvalue weighted by Crippen LogP contribution is 2.32. The molecule has 0 aromatic heterocycles. The van der Waals surface area contributed by atoms with Crippen LogP contribution >= 0.6 is 0 Å². The molecule has 0 amide bonds. The van der Waals surface area contributed by atoms with Gasteiger partial charge < -0.3 is 10.1 Å². The lowest BCUT2D eigenvalue weighted by Gasteiger charge is -2.31. The largest absolute Gasteiger partial charge is 0.497 e. The number of nitrogens with one attached hydrogen (secondary N) is 1. The van der Waals surface area contributed by atoms with Crippen molar-refractivity contribution >= 4 is 0 Å². The molecule has 0 bridgehead atoms. The van der Waals surface area contributed by atoms with Crippen molar-refractivity contribution in [2.24, 2.45) is 0 Å². The van der Waals surface area contributed by atoms with Crippen LogP contribution in [-0.2, 0) is 4.74 Å². The van der Waals surface area contributed by atoms with E-state index in [-0.39, 0.29) is 0 Å². The molecule has 2 aliphatic rings. The van der Waals surface area contributed by atoms with E-state index in [2.05, 4.69) is 41.7 Å². The van der Waals surface area contributed by atoms with Gasteiger partial charge >= 0.3 is 0 Å². The van der Waals surface area contributed by atoms with Crippen LogP contribution in [0, 0.1) is 0 Å². The Balaban J connectivity index is 1.41. The third kappa shape index (κ3) is 3.63. The van der Waals surface area contributed by atoms with Crippen molar-refractivity contribution in [2.45, 2.75) is 56.6 Å². The Morgan fingerprint density at radius 3 is 2.50 bits per heavy atom. The molecule has 0 spiro atoms. The molecule has 1 unspecified atom stereocenters. The average molecular weight is 271 g/mol. The summed E-state index contributed by atoms with van der Waals surface area (Å²) in [5.74, 6) is 0.767. The van der Waals surface area contributed by atoms with Gasteiger partial charge in [0, 0.05) is 12.6 Å². The van der Waals surface area contributed by atoms with E-state index in [1.807, 2.05) is 6.26 Å². The van der Waals surface area contributed by atoms with Gasteiger partial charge in [0.05, 0.1) is 6.26 Å². The Morgan fingerprint density at radius 1 is 1.00 bits per heavy atom. The molecule has 2 nitrogen and oxygen atoms in total. The molecule has 1 aliphatic carbocycles. The van der Waals surface area contributed by atoms with E-state index >= 15 is 0 Å². The lowest BCUT2D eigenvalue weighted by Crippen LogP contribution is -2.38. The first-order chi connectivity index (χ1) is 9.92. The predicted octanol–water partition coefficient (Wildman–Crippen LogP) is 4.00. The second-order valence-electron chi connectivity index (χ2n) is 6.07. The Kier molecular flexibility index (Phi) is 4.75. The standard InChI is InChI=1S/C18H25NO/c1-2-6-15(7-3-1)16-9-11-17(12-10-16)19-14-18-8-4-5-13-20-18/h1-3,5-7,13,16-19H,4,8-12,14H2. The second-order valence-corrected chi connectivity index (χ2v) is 6.07. The summed E-state index contributed by atoms with van der Waals surface area (Å²) in [6, 6.07) is 11.7. The van der Waals surface area contributed by atoms with Crippen molar-refractivity contribution in [1.29, 1.82) is 0 Å². The van der Waals surface area contributed by atoms with E-state index in [9.17, 15) is 0 Å². The van der Waals surface area contributed by atoms with Crippen molar-refractivity contribution in [3.05, 3.63) is 48.2 Å². The SMILES string of the molecule is C1=COC(CNC2CCC(c3ccccc3)CC2)CC1. The fourth-order valence-corrected chi connectivity index (χ4v) is 3.39. The van der Waals surface area contributed by atoms with Crippen LogP contribution in [0.3, 0.4) is 0 Å². The zero-order valence-electron chi connectivity index (χ0n) is 12.1. The zero-order valence-corrected chi connectivity index (χ0v) is 12.1. The first-order valence-electron chi connectivity index (χ1n) is 8.00. The summed E-state index contributed by atoms with van der Waals surface area (Å²) < 4.78 is 5.62. The minimum Gasteiger partial charge on any atom is -0.497 e. The third-order valence-electron chi connectivity index (χ3n) is 4.65. The fourth-order valence-electron chi connectivity index (χ4n) is 3.39. The molecule has 2 heteroatoms. The van der Waals surface area contributed by atoms with Gasteiger partial charge in [0.1, 0.15) is 6.10 Å². The number of ether oxygens (including phenoxy) is 1. The van der Waals surface area contributed by atoms with Gasteiger partial charge in [-0.15, -0.1) is 0 Å². The number of benzene rings is 1. The average Bonchev–Trinajstić information content (AvgIpc) is 2.55. The van der Waals surface area contributed by atoms with Crippen LogP contribution in [0.25, 0.3) is 0 Å². The maximum absolute atomic E-state index is 5.62. The van der Waals surface area contributed by atoms with Gasteiger partial charge in [-0.05, 0) is 56.1 Å². The van der Waals surface area contributed by atoms with Crippen molar-refractivity contribution in [1.82, 2.24) is 5.32 Å². The van der Waals surface area contributed by atoms with Crippen LogP contribution in [0.4, 0.5) is 0 Å². The van der Waals surface area contributed by atoms with Crippen LogP contribution in [-0.4, -0.2) is 18.7 Å². The van der Waals surface area contributed by atoms with E-state index in [1.165, 1.54) is 31.2 Å². The van der Waals surface area contributed by atoms with Gasteiger partial charge in [-0.2, -0.15) is 0 Å². The van der Waals surface area contributed by atoms with E-state index in [4.69, 9.17) is 4.74 Å². The highest BCUT2D eigenvalue weighted by molar-refractivity contribution is 5.20. The van der Waals surface area contributed by atoms with E-state index in [1.54, 1.807) is 0 Å². The van der Waals surface area contributed by atoms with Crippen molar-refractivity contribution in [3.8, 4) is 0 Å². The number of hydrogen-bond acceptors (Lipinski definition) is 2. The lowest BCUT2D eigenvalue weighted by atomic mass is 9.82. The van der Waals surface area contributed by atoms with Crippen molar-refractivity contribution < 1.29 is 4.74 Å². The first-order valence-corrected chi connectivity index (χ1v) is 8.00. The van der Waals surface area contributed by atoms with Crippen LogP contribution < -0.4 is 5.32 Å². The summed E-state index contributed by atoms with van der Waals surface area (Å²) in [7, 11) is 0. The van der Waals surface area contributed by atoms with Gasteiger partial charge in [0.25, 0.3) is 0 Å². The van der Waals surface area contributed by atoms with Gasteiger partial charge in [-0.1, -0.05) is 30.3 Å². The molecule has 1 fully saturated rings. The van der Waals surface area contributed by atoms with E-state index in [0.717, 1.165) is 25.3 Å². The van der Waals surface area contributed by atoms with Gasteiger partial charge in [0.15, 0.2) is 0 Å². The summed E-state index contributed by atoms with van der Waals surface area (Å²) in [6.45, 7) is 1.00. The molecule has 1 aromatic carbocycles. The minimum absolute atomic E-state index is 0.381. The summed E-state index contributed by atoms with van der Waals surface area (Å²) in [5.41, 5.74) is 1.52. The monoisotopic (exact) mass is 271 g/mol. The first kappa shape index (κ1) is 13.7. The maximum Gasteiger partial charge on any atom is 0.110 e. The molecule has 1 heterocycles. The molecule has 1 aromatic rings. The topological polar surface area (TPSA) is 21.3 Å². The van der Waals surface area contributed by atoms with Gasteiger partial charge in [0.2, 0.25) is 0 Å². The normalized spacial score (nSPS) is 29.9. The molecule has 1 atom stereocenters. The molecule has 108 valence electrons. The molecule has 1 aliphatic heterocycles. The zero-order chi connectivity index (χ0) is 13.6. The fraction of sp³-hybridized carbons (Fsp3) is 0.556. The highest BCUT2D eigenvalue weighted by Gasteiger charge is 2.22. The second kappa shape index (κ2) is 6.94. The molecule has 0 saturated heterocycles. The lowest BCUT2D eigenvalue weighted by molar-refractivity contribution is 0.116. The van der Waals surface area contributed by atoms with Crippen LogP contribution in [0.2, 0.25) is 0 Å². The molecule has 3 rings (SSSR count). The van der Waals surface area contributed by atoms with E-state index in [0.29, 0.717) is 12.1 Å². The summed E-state index contributed by atoms with van der Waals surface area (Å²) in [4.78, 5) is 0. The predicted molar refractivity (Wildman–Crippen MR) is 82.7 cm³/mol. The Labute approximate surface area is 122 Å². The van der Waals surface area contributed by atoms with Crippen molar-refractivity contribution in [3.63, 3.8) is 0 Å². The quantitative estimate of drug-likeness (QED) is 0.894. The molecule has 1 N–H and O–H groups in total. The highest BCUT2D eigenvalue weighted by atomic mass is 16.5. The molecular formula is C18H25NO. The molecule has 0 radical (unpaired) electrons. The van der Waals surface area contributed by atoms with Crippen LogP contribution in [0.5, 0.6) is 0 Å². The minimum atomic E-state index is 0.381. The summed E-state index contributed by atoms with van der Waals surface area (Å²) in [6.07, 6.45) is 11.9. The number of allylic oxidation sites excluding steroid dienone is 1. The van der Waals surface area contributed by atoms with E-state index < -0.39 is 0 Å². The van der Waals surface area contributed by atoms with Crippen LogP contribution in [0.15, 0.2) is 42.7 Å².